The summed E-state index contributed by atoms with van der Waals surface area (Å²) in [5.41, 5.74) is 0. The predicted octanol–water partition coefficient (Wildman–Crippen LogP) is 19.8. The van der Waals surface area contributed by atoms with Crippen LogP contribution in [0, 0.1) is 0 Å². The largest absolute Gasteiger partial charge is 0.462 e. The molecule has 0 saturated carbocycles. The van der Waals surface area contributed by atoms with Crippen molar-refractivity contribution in [3.05, 3.63) is 48.6 Å². The number of carbonyl (C=O) groups excluding carboxylic acids is 3. The summed E-state index contributed by atoms with van der Waals surface area (Å²) in [6.07, 6.45) is 70.1. The molecule has 0 aromatic carbocycles. The van der Waals surface area contributed by atoms with Crippen molar-refractivity contribution in [1.29, 1.82) is 0 Å². The molecule has 0 N–H and O–H groups in total. The number of unbranched alkanes of at least 4 members (excludes halogenated alkanes) is 35. The van der Waals surface area contributed by atoms with Crippen LogP contribution in [0.2, 0.25) is 0 Å². The van der Waals surface area contributed by atoms with Crippen molar-refractivity contribution in [1.82, 2.24) is 0 Å². The van der Waals surface area contributed by atoms with Gasteiger partial charge in [-0.2, -0.15) is 0 Å². The van der Waals surface area contributed by atoms with Gasteiger partial charge in [0, 0.05) is 19.3 Å². The van der Waals surface area contributed by atoms with Crippen molar-refractivity contribution < 1.29 is 28.6 Å². The van der Waals surface area contributed by atoms with E-state index in [4.69, 9.17) is 14.2 Å². The summed E-state index contributed by atoms with van der Waals surface area (Å²) < 4.78 is 16.7. The zero-order chi connectivity index (χ0) is 49.3. The molecule has 0 aliphatic carbocycles. The van der Waals surface area contributed by atoms with Gasteiger partial charge in [0.15, 0.2) is 6.10 Å². The fourth-order valence-electron chi connectivity index (χ4n) is 8.56. The van der Waals surface area contributed by atoms with Crippen LogP contribution in [-0.2, 0) is 28.6 Å². The molecule has 0 aromatic heterocycles. The van der Waals surface area contributed by atoms with Crippen molar-refractivity contribution in [2.24, 2.45) is 0 Å². The van der Waals surface area contributed by atoms with Gasteiger partial charge in [-0.25, -0.2) is 0 Å². The maximum absolute atomic E-state index is 12.7. The molecule has 396 valence electrons. The van der Waals surface area contributed by atoms with Gasteiger partial charge in [0.05, 0.1) is 0 Å². The van der Waals surface area contributed by atoms with Gasteiger partial charge in [0.2, 0.25) is 0 Å². The van der Waals surface area contributed by atoms with Gasteiger partial charge in [0.25, 0.3) is 0 Å². The quantitative estimate of drug-likeness (QED) is 0.0262. The lowest BCUT2D eigenvalue weighted by atomic mass is 10.0. The molecular formula is C62H112O6. The molecule has 68 heavy (non-hydrogen) atoms. The molecule has 6 nitrogen and oxygen atoms in total. The minimum atomic E-state index is -0.771. The molecule has 0 fully saturated rings. The third-order valence-corrected chi connectivity index (χ3v) is 13.1. The van der Waals surface area contributed by atoms with E-state index in [1.165, 1.54) is 193 Å². The number of esters is 3. The van der Waals surface area contributed by atoms with E-state index in [1.807, 2.05) is 0 Å². The minimum Gasteiger partial charge on any atom is -0.462 e. The second kappa shape index (κ2) is 57.0. The van der Waals surface area contributed by atoms with Crippen molar-refractivity contribution in [3.63, 3.8) is 0 Å². The first-order valence-corrected chi connectivity index (χ1v) is 29.6. The second-order valence-corrected chi connectivity index (χ2v) is 19.9. The molecule has 1 unspecified atom stereocenters. The van der Waals surface area contributed by atoms with Gasteiger partial charge in [-0.1, -0.05) is 256 Å². The average Bonchev–Trinajstić information content (AvgIpc) is 3.34. The number of rotatable bonds is 54. The molecule has 0 aromatic rings. The number of hydrogen-bond donors (Lipinski definition) is 0. The Hall–Kier alpha value is -2.63. The van der Waals surface area contributed by atoms with Crippen LogP contribution in [0.15, 0.2) is 48.6 Å². The Bertz CT molecular complexity index is 1190. The van der Waals surface area contributed by atoms with Gasteiger partial charge in [0.1, 0.15) is 13.2 Å². The summed E-state index contributed by atoms with van der Waals surface area (Å²) in [6, 6.07) is 0. The molecule has 0 radical (unpaired) electrons. The monoisotopic (exact) mass is 953 g/mol. The maximum Gasteiger partial charge on any atom is 0.306 e. The molecule has 0 aliphatic rings. The highest BCUT2D eigenvalue weighted by molar-refractivity contribution is 5.71. The standard InChI is InChI=1S/C62H112O6/c1-4-7-10-13-16-18-20-22-23-24-25-26-27-28-29-30-31-32-33-34-35-36-37-38-39-41-42-44-46-49-52-55-61(64)67-58-59(57-66-60(63)54-51-48-15-12-9-6-3)68-62(65)56-53-50-47-45-43-40-21-19-17-14-11-8-5-2/h19-22,24-25,27-28,59H,4-18,23,26,29-58H2,1-3H3/b21-19-,22-20-,25-24-,28-27-. The van der Waals surface area contributed by atoms with Crippen LogP contribution in [0.3, 0.4) is 0 Å². The van der Waals surface area contributed by atoms with Gasteiger partial charge in [-0.15, -0.1) is 0 Å². The van der Waals surface area contributed by atoms with Crippen LogP contribution in [-0.4, -0.2) is 37.2 Å². The third kappa shape index (κ3) is 54.3. The molecule has 0 amide bonds. The predicted molar refractivity (Wildman–Crippen MR) is 293 cm³/mol. The van der Waals surface area contributed by atoms with Gasteiger partial charge < -0.3 is 14.2 Å². The Balaban J connectivity index is 3.97. The molecule has 0 saturated heterocycles. The van der Waals surface area contributed by atoms with Crippen molar-refractivity contribution in [2.75, 3.05) is 13.2 Å². The van der Waals surface area contributed by atoms with Gasteiger partial charge in [-0.05, 0) is 83.5 Å². The Morgan fingerprint density at radius 2 is 0.529 bits per heavy atom. The second-order valence-electron chi connectivity index (χ2n) is 19.9. The van der Waals surface area contributed by atoms with E-state index in [9.17, 15) is 14.4 Å². The molecule has 0 rings (SSSR count). The van der Waals surface area contributed by atoms with E-state index in [0.29, 0.717) is 19.3 Å². The highest BCUT2D eigenvalue weighted by atomic mass is 16.6. The number of carbonyl (C=O) groups is 3. The van der Waals surface area contributed by atoms with Crippen molar-refractivity contribution >= 4 is 17.9 Å². The Morgan fingerprint density at radius 1 is 0.294 bits per heavy atom. The van der Waals surface area contributed by atoms with E-state index >= 15 is 0 Å². The minimum absolute atomic E-state index is 0.0736. The lowest BCUT2D eigenvalue weighted by Crippen LogP contribution is -2.30. The Morgan fingerprint density at radius 3 is 0.853 bits per heavy atom. The lowest BCUT2D eigenvalue weighted by molar-refractivity contribution is -0.167. The lowest BCUT2D eigenvalue weighted by Gasteiger charge is -2.18. The molecule has 1 atom stereocenters. The SMILES string of the molecule is CCCCCC/C=C\CCCCCCCC(=O)OC(COC(=O)CCCCCCCC)COC(=O)CCCCCCCCCCCCCCCCCC/C=C\C/C=C\C/C=C\CCCCCCC. The van der Waals surface area contributed by atoms with Crippen LogP contribution in [0.4, 0.5) is 0 Å². The van der Waals surface area contributed by atoms with Crippen molar-refractivity contribution in [2.45, 2.75) is 316 Å². The molecule has 0 heterocycles. The van der Waals surface area contributed by atoms with Crippen LogP contribution >= 0.6 is 0 Å². The molecule has 0 bridgehead atoms. The zero-order valence-corrected chi connectivity index (χ0v) is 45.4. The Kier molecular flexibility index (Phi) is 54.8. The molecule has 0 aliphatic heterocycles. The normalized spacial score (nSPS) is 12.3. The first-order chi connectivity index (χ1) is 33.5. The maximum atomic E-state index is 12.7. The highest BCUT2D eigenvalue weighted by Crippen LogP contribution is 2.16. The summed E-state index contributed by atoms with van der Waals surface area (Å²) in [4.78, 5) is 37.8. The number of ether oxygens (including phenoxy) is 3. The van der Waals surface area contributed by atoms with Crippen LogP contribution in [0.25, 0.3) is 0 Å². The summed E-state index contributed by atoms with van der Waals surface area (Å²) in [7, 11) is 0. The van der Waals surface area contributed by atoms with Crippen LogP contribution in [0.1, 0.15) is 310 Å². The average molecular weight is 954 g/mol. The van der Waals surface area contributed by atoms with Crippen LogP contribution in [0.5, 0.6) is 0 Å². The van der Waals surface area contributed by atoms with Gasteiger partial charge >= 0.3 is 17.9 Å². The highest BCUT2D eigenvalue weighted by Gasteiger charge is 2.19. The summed E-state index contributed by atoms with van der Waals surface area (Å²) in [6.45, 7) is 6.57. The van der Waals surface area contributed by atoms with E-state index in [-0.39, 0.29) is 31.1 Å². The van der Waals surface area contributed by atoms with Crippen LogP contribution < -0.4 is 0 Å². The first-order valence-electron chi connectivity index (χ1n) is 29.6. The topological polar surface area (TPSA) is 78.9 Å². The zero-order valence-electron chi connectivity index (χ0n) is 45.4. The smallest absolute Gasteiger partial charge is 0.306 e. The first kappa shape index (κ1) is 65.4. The number of allylic oxidation sites excluding steroid dienone is 8. The molecular weight excluding hydrogens is 841 g/mol. The fraction of sp³-hybridized carbons (Fsp3) is 0.823. The number of hydrogen-bond acceptors (Lipinski definition) is 6. The fourth-order valence-corrected chi connectivity index (χ4v) is 8.56. The third-order valence-electron chi connectivity index (χ3n) is 13.1. The molecule has 6 heteroatoms. The van der Waals surface area contributed by atoms with E-state index < -0.39 is 6.10 Å². The summed E-state index contributed by atoms with van der Waals surface area (Å²) in [5.74, 6) is -0.882. The van der Waals surface area contributed by atoms with E-state index in [0.717, 1.165) is 77.0 Å². The van der Waals surface area contributed by atoms with Gasteiger partial charge in [-0.3, -0.25) is 14.4 Å². The summed E-state index contributed by atoms with van der Waals surface area (Å²) >= 11 is 0. The summed E-state index contributed by atoms with van der Waals surface area (Å²) in [5, 5.41) is 0. The van der Waals surface area contributed by atoms with Crippen molar-refractivity contribution in [3.8, 4) is 0 Å². The Labute approximate surface area is 422 Å². The van der Waals surface area contributed by atoms with E-state index in [1.54, 1.807) is 0 Å². The van der Waals surface area contributed by atoms with E-state index in [2.05, 4.69) is 69.4 Å². The molecule has 0 spiro atoms.